The number of alkyl halides is 3. The van der Waals surface area contributed by atoms with Gasteiger partial charge in [-0.2, -0.15) is 13.2 Å². The van der Waals surface area contributed by atoms with Gasteiger partial charge in [-0.15, -0.1) is 11.3 Å². The SMILES string of the molecule is CCOC(=O)c1nc(C(F)(F)F)c(-c2ccccc2)s1. The van der Waals surface area contributed by atoms with Gasteiger partial charge in [0.05, 0.1) is 11.5 Å². The van der Waals surface area contributed by atoms with Gasteiger partial charge in [-0.05, 0) is 12.5 Å². The van der Waals surface area contributed by atoms with E-state index in [9.17, 15) is 18.0 Å². The van der Waals surface area contributed by atoms with Gasteiger partial charge >= 0.3 is 12.1 Å². The quantitative estimate of drug-likeness (QED) is 0.804. The molecule has 1 heterocycles. The summed E-state index contributed by atoms with van der Waals surface area (Å²) in [4.78, 5) is 14.8. The maximum atomic E-state index is 13.0. The van der Waals surface area contributed by atoms with Crippen LogP contribution in [-0.2, 0) is 10.9 Å². The number of benzene rings is 1. The minimum absolute atomic E-state index is 0.0823. The third-order valence-corrected chi connectivity index (χ3v) is 3.47. The molecule has 20 heavy (non-hydrogen) atoms. The molecule has 106 valence electrons. The average Bonchev–Trinajstić information content (AvgIpc) is 2.85. The standard InChI is InChI=1S/C13H10F3NO2S/c1-2-19-12(18)11-17-10(13(14,15)16)9(20-11)8-6-4-3-5-7-8/h3-7H,2H2,1H3. The highest BCUT2D eigenvalue weighted by atomic mass is 32.1. The number of nitrogens with zero attached hydrogens (tertiary/aromatic N) is 1. The van der Waals surface area contributed by atoms with E-state index in [2.05, 4.69) is 9.72 Å². The van der Waals surface area contributed by atoms with Gasteiger partial charge < -0.3 is 4.74 Å². The lowest BCUT2D eigenvalue weighted by Gasteiger charge is -2.05. The van der Waals surface area contributed by atoms with Gasteiger partial charge in [0.1, 0.15) is 0 Å². The van der Waals surface area contributed by atoms with Gasteiger partial charge in [0.15, 0.2) is 5.69 Å². The normalized spacial score (nSPS) is 11.4. The molecule has 0 saturated carbocycles. The Hall–Kier alpha value is -1.89. The Balaban J connectivity index is 2.52. The number of aromatic nitrogens is 1. The van der Waals surface area contributed by atoms with Crippen molar-refractivity contribution in [2.75, 3.05) is 6.61 Å². The van der Waals surface area contributed by atoms with Crippen LogP contribution in [0.1, 0.15) is 22.4 Å². The molecule has 1 aromatic carbocycles. The van der Waals surface area contributed by atoms with Crippen LogP contribution in [0.15, 0.2) is 30.3 Å². The number of thiazole rings is 1. The van der Waals surface area contributed by atoms with Crippen molar-refractivity contribution in [1.82, 2.24) is 4.98 Å². The van der Waals surface area contributed by atoms with Crippen LogP contribution in [0.2, 0.25) is 0 Å². The predicted octanol–water partition coefficient (Wildman–Crippen LogP) is 4.01. The molecule has 0 spiro atoms. The molecule has 0 aliphatic rings. The van der Waals surface area contributed by atoms with Crippen molar-refractivity contribution in [1.29, 1.82) is 0 Å². The van der Waals surface area contributed by atoms with E-state index in [1.807, 2.05) is 0 Å². The van der Waals surface area contributed by atoms with E-state index < -0.39 is 17.8 Å². The van der Waals surface area contributed by atoms with Gasteiger partial charge in [-0.3, -0.25) is 0 Å². The molecule has 0 aliphatic carbocycles. The molecule has 0 aliphatic heterocycles. The second kappa shape index (κ2) is 5.62. The van der Waals surface area contributed by atoms with Crippen LogP contribution in [-0.4, -0.2) is 17.6 Å². The zero-order chi connectivity index (χ0) is 14.8. The van der Waals surface area contributed by atoms with Crippen LogP contribution in [0.5, 0.6) is 0 Å². The summed E-state index contributed by atoms with van der Waals surface area (Å²) in [5, 5.41) is -0.293. The fraction of sp³-hybridized carbons (Fsp3) is 0.231. The van der Waals surface area contributed by atoms with E-state index in [1.165, 1.54) is 12.1 Å². The minimum atomic E-state index is -4.62. The molecule has 0 radical (unpaired) electrons. The van der Waals surface area contributed by atoms with Crippen molar-refractivity contribution < 1.29 is 22.7 Å². The first-order valence-electron chi connectivity index (χ1n) is 5.74. The van der Waals surface area contributed by atoms with Crippen molar-refractivity contribution >= 4 is 17.3 Å². The highest BCUT2D eigenvalue weighted by Crippen LogP contribution is 2.40. The van der Waals surface area contributed by atoms with E-state index in [1.54, 1.807) is 25.1 Å². The number of hydrogen-bond donors (Lipinski definition) is 0. The highest BCUT2D eigenvalue weighted by Gasteiger charge is 2.38. The Morgan fingerprint density at radius 1 is 1.30 bits per heavy atom. The van der Waals surface area contributed by atoms with Gasteiger partial charge in [-0.1, -0.05) is 30.3 Å². The van der Waals surface area contributed by atoms with Gasteiger partial charge in [0.2, 0.25) is 5.01 Å². The smallest absolute Gasteiger partial charge is 0.434 e. The molecule has 3 nitrogen and oxygen atoms in total. The highest BCUT2D eigenvalue weighted by molar-refractivity contribution is 7.17. The molecular weight excluding hydrogens is 291 g/mol. The number of hydrogen-bond acceptors (Lipinski definition) is 4. The van der Waals surface area contributed by atoms with Crippen molar-refractivity contribution in [2.45, 2.75) is 13.1 Å². The van der Waals surface area contributed by atoms with Crippen molar-refractivity contribution in [3.8, 4) is 10.4 Å². The number of esters is 1. The molecule has 0 saturated heterocycles. The summed E-state index contributed by atoms with van der Waals surface area (Å²) in [6.07, 6.45) is -4.62. The molecule has 0 bridgehead atoms. The number of rotatable bonds is 3. The fourth-order valence-electron chi connectivity index (χ4n) is 1.58. The van der Waals surface area contributed by atoms with E-state index in [0.717, 1.165) is 0 Å². The summed E-state index contributed by atoms with van der Waals surface area (Å²) in [5.41, 5.74) is -0.690. The van der Waals surface area contributed by atoms with E-state index in [4.69, 9.17) is 0 Å². The van der Waals surface area contributed by atoms with E-state index in [0.29, 0.717) is 16.9 Å². The minimum Gasteiger partial charge on any atom is -0.461 e. The maximum Gasteiger partial charge on any atom is 0.434 e. The van der Waals surface area contributed by atoms with Gasteiger partial charge in [-0.25, -0.2) is 9.78 Å². The van der Waals surface area contributed by atoms with Crippen LogP contribution in [0.3, 0.4) is 0 Å². The lowest BCUT2D eigenvalue weighted by atomic mass is 10.1. The van der Waals surface area contributed by atoms with Gasteiger partial charge in [0.25, 0.3) is 0 Å². The average molecular weight is 301 g/mol. The fourth-order valence-corrected chi connectivity index (χ4v) is 2.56. The molecule has 2 rings (SSSR count). The number of ether oxygens (including phenoxy) is 1. The Bertz CT molecular complexity index is 608. The third-order valence-electron chi connectivity index (χ3n) is 2.38. The van der Waals surface area contributed by atoms with Crippen molar-refractivity contribution in [2.24, 2.45) is 0 Å². The molecule has 0 amide bonds. The monoisotopic (exact) mass is 301 g/mol. The summed E-state index contributed by atoms with van der Waals surface area (Å²) in [6.45, 7) is 1.66. The number of halogens is 3. The Kier molecular flexibility index (Phi) is 4.08. The molecule has 0 fully saturated rings. The second-order valence-corrected chi connectivity index (χ2v) is 4.78. The molecule has 0 atom stereocenters. The molecule has 0 unspecified atom stereocenters. The largest absolute Gasteiger partial charge is 0.461 e. The summed E-state index contributed by atoms with van der Waals surface area (Å²) in [7, 11) is 0. The van der Waals surface area contributed by atoms with Crippen LogP contribution in [0.4, 0.5) is 13.2 Å². The first-order valence-corrected chi connectivity index (χ1v) is 6.55. The maximum absolute atomic E-state index is 13.0. The summed E-state index contributed by atoms with van der Waals surface area (Å²) in [5.74, 6) is -0.842. The van der Waals surface area contributed by atoms with Crippen molar-refractivity contribution in [3.05, 3.63) is 41.0 Å². The number of carbonyl (C=O) groups is 1. The predicted molar refractivity (Wildman–Crippen MR) is 68.5 cm³/mol. The lowest BCUT2D eigenvalue weighted by Crippen LogP contribution is -2.09. The Morgan fingerprint density at radius 2 is 1.95 bits per heavy atom. The molecular formula is C13H10F3NO2S. The second-order valence-electron chi connectivity index (χ2n) is 3.78. The van der Waals surface area contributed by atoms with Crippen LogP contribution < -0.4 is 0 Å². The molecule has 2 aromatic rings. The Morgan fingerprint density at radius 3 is 2.50 bits per heavy atom. The molecule has 0 N–H and O–H groups in total. The van der Waals surface area contributed by atoms with E-state index >= 15 is 0 Å². The first kappa shape index (κ1) is 14.5. The van der Waals surface area contributed by atoms with Gasteiger partial charge in [0, 0.05) is 0 Å². The zero-order valence-corrected chi connectivity index (χ0v) is 11.2. The van der Waals surface area contributed by atoms with Crippen molar-refractivity contribution in [3.63, 3.8) is 0 Å². The first-order chi connectivity index (χ1) is 9.43. The molecule has 7 heteroatoms. The van der Waals surface area contributed by atoms with Crippen LogP contribution in [0, 0.1) is 0 Å². The third kappa shape index (κ3) is 2.98. The summed E-state index contributed by atoms with van der Waals surface area (Å²) < 4.78 is 43.7. The molecule has 1 aromatic heterocycles. The zero-order valence-electron chi connectivity index (χ0n) is 10.4. The van der Waals surface area contributed by atoms with E-state index in [-0.39, 0.29) is 16.5 Å². The summed E-state index contributed by atoms with van der Waals surface area (Å²) >= 11 is 0.682. The Labute approximate surface area is 117 Å². The van der Waals surface area contributed by atoms with Crippen LogP contribution >= 0.6 is 11.3 Å². The summed E-state index contributed by atoms with van der Waals surface area (Å²) in [6, 6.07) is 8.03. The lowest BCUT2D eigenvalue weighted by molar-refractivity contribution is -0.140. The topological polar surface area (TPSA) is 39.2 Å². The van der Waals surface area contributed by atoms with Crippen LogP contribution in [0.25, 0.3) is 10.4 Å². The number of carbonyl (C=O) groups excluding carboxylic acids is 1.